The zero-order valence-corrected chi connectivity index (χ0v) is 20.6. The van der Waals surface area contributed by atoms with Crippen LogP contribution in [0.5, 0.6) is 11.5 Å². The van der Waals surface area contributed by atoms with Gasteiger partial charge in [-0.15, -0.1) is 13.2 Å². The average Bonchev–Trinajstić information content (AvgIpc) is 2.92. The number of amides is 1. The van der Waals surface area contributed by atoms with Crippen molar-refractivity contribution in [2.24, 2.45) is 16.8 Å². The molecule has 1 aliphatic rings. The van der Waals surface area contributed by atoms with Crippen LogP contribution in [0.2, 0.25) is 0 Å². The van der Waals surface area contributed by atoms with Gasteiger partial charge in [0, 0.05) is 41.4 Å². The fourth-order valence-electron chi connectivity index (χ4n) is 4.18. The number of ether oxygens (including phenoxy) is 2. The lowest BCUT2D eigenvalue weighted by Gasteiger charge is -2.33. The van der Waals surface area contributed by atoms with E-state index in [0.717, 1.165) is 11.1 Å². The second kappa shape index (κ2) is 11.0. The second-order valence-corrected chi connectivity index (χ2v) is 8.58. The van der Waals surface area contributed by atoms with Crippen molar-refractivity contribution in [3.05, 3.63) is 89.2 Å². The third kappa shape index (κ3) is 5.83. The number of nitrogens with zero attached hydrogens (tertiary/aromatic N) is 3. The summed E-state index contributed by atoms with van der Waals surface area (Å²) in [6, 6.07) is 13.8. The minimum atomic E-state index is -4.88. The average molecular weight is 527 g/mol. The van der Waals surface area contributed by atoms with Gasteiger partial charge in [-0.25, -0.2) is 5.01 Å². The van der Waals surface area contributed by atoms with Gasteiger partial charge < -0.3 is 15.2 Å². The first-order chi connectivity index (χ1) is 18.1. The largest absolute Gasteiger partial charge is 0.573 e. The molecule has 11 heteroatoms. The third-order valence-electron chi connectivity index (χ3n) is 6.16. The molecule has 38 heavy (non-hydrogen) atoms. The summed E-state index contributed by atoms with van der Waals surface area (Å²) >= 11 is 0. The van der Waals surface area contributed by atoms with Crippen molar-refractivity contribution in [1.29, 1.82) is 0 Å². The molecule has 0 saturated carbocycles. The molecule has 198 valence electrons. The predicted molar refractivity (Wildman–Crippen MR) is 132 cm³/mol. The van der Waals surface area contributed by atoms with E-state index in [9.17, 15) is 22.8 Å². The van der Waals surface area contributed by atoms with Crippen LogP contribution in [-0.2, 0) is 4.79 Å². The molecular formula is C27H25F3N4O4. The Morgan fingerprint density at radius 1 is 1.13 bits per heavy atom. The van der Waals surface area contributed by atoms with Gasteiger partial charge in [-0.2, -0.15) is 5.10 Å². The standard InChI is InChI=1S/C27H25F3N4O4/c1-3-16-14-23(35)34(33-24(16)19-10-11-21(22(13-19)37-2)38-27(28,29)30)26(31)18-8-6-17(7-9-18)25(36)20-5-4-12-32-15-20/h4-13,15-16,26H,3,14,31H2,1-2H3. The van der Waals surface area contributed by atoms with Gasteiger partial charge in [0.05, 0.1) is 12.8 Å². The monoisotopic (exact) mass is 526 g/mol. The quantitative estimate of drug-likeness (QED) is 0.421. The summed E-state index contributed by atoms with van der Waals surface area (Å²) in [5.74, 6) is -1.39. The van der Waals surface area contributed by atoms with Crippen LogP contribution in [0.15, 0.2) is 72.1 Å². The van der Waals surface area contributed by atoms with Gasteiger partial charge in [-0.05, 0) is 42.3 Å². The van der Waals surface area contributed by atoms with Crippen molar-refractivity contribution >= 4 is 17.4 Å². The molecule has 0 fully saturated rings. The van der Waals surface area contributed by atoms with Crippen molar-refractivity contribution < 1.29 is 32.2 Å². The number of alkyl halides is 3. The zero-order valence-electron chi connectivity index (χ0n) is 20.6. The number of hydrazone groups is 1. The summed E-state index contributed by atoms with van der Waals surface area (Å²) in [5.41, 5.74) is 8.80. The van der Waals surface area contributed by atoms with Crippen LogP contribution in [-0.4, -0.2) is 40.9 Å². The summed E-state index contributed by atoms with van der Waals surface area (Å²) in [6.07, 6.45) is -2.09. The SMILES string of the molecule is CCC1CC(=O)N(C(N)c2ccc(C(=O)c3cccnc3)cc2)N=C1c1ccc(OC(F)(F)F)c(OC)c1. The smallest absolute Gasteiger partial charge is 0.493 e. The molecule has 2 N–H and O–H groups in total. The number of nitrogens with two attached hydrogens (primary N) is 1. The maximum atomic E-state index is 13.0. The molecule has 2 aromatic carbocycles. The van der Waals surface area contributed by atoms with E-state index < -0.39 is 18.3 Å². The minimum absolute atomic E-state index is 0.115. The Morgan fingerprint density at radius 2 is 1.87 bits per heavy atom. The summed E-state index contributed by atoms with van der Waals surface area (Å²) in [7, 11) is 1.23. The van der Waals surface area contributed by atoms with Gasteiger partial charge >= 0.3 is 6.36 Å². The number of pyridine rings is 1. The zero-order chi connectivity index (χ0) is 27.4. The highest BCUT2D eigenvalue weighted by Gasteiger charge is 2.35. The fraction of sp³-hybridized carbons (Fsp3) is 0.259. The van der Waals surface area contributed by atoms with Gasteiger partial charge in [-0.3, -0.25) is 14.6 Å². The first kappa shape index (κ1) is 26.8. The van der Waals surface area contributed by atoms with Crippen LogP contribution in [0.3, 0.4) is 0 Å². The lowest BCUT2D eigenvalue weighted by atomic mass is 9.89. The normalized spacial score (nSPS) is 16.6. The Bertz CT molecular complexity index is 1340. The first-order valence-corrected chi connectivity index (χ1v) is 11.8. The molecule has 0 saturated heterocycles. The van der Waals surface area contributed by atoms with Crippen LogP contribution >= 0.6 is 0 Å². The van der Waals surface area contributed by atoms with Gasteiger partial charge in [0.2, 0.25) is 5.91 Å². The van der Waals surface area contributed by atoms with Crippen LogP contribution in [0.4, 0.5) is 13.2 Å². The van der Waals surface area contributed by atoms with E-state index >= 15 is 0 Å². The minimum Gasteiger partial charge on any atom is -0.493 e. The van der Waals surface area contributed by atoms with E-state index in [0.29, 0.717) is 34.4 Å². The Kier molecular flexibility index (Phi) is 7.77. The number of hydrogen-bond donors (Lipinski definition) is 1. The molecular weight excluding hydrogens is 501 g/mol. The summed E-state index contributed by atoms with van der Waals surface area (Å²) in [6.45, 7) is 1.89. The second-order valence-electron chi connectivity index (χ2n) is 8.58. The Morgan fingerprint density at radius 3 is 2.47 bits per heavy atom. The van der Waals surface area contributed by atoms with E-state index in [2.05, 4.69) is 14.8 Å². The molecule has 2 unspecified atom stereocenters. The molecule has 0 spiro atoms. The Hall–Kier alpha value is -4.25. The van der Waals surface area contributed by atoms with Crippen LogP contribution in [0, 0.1) is 5.92 Å². The summed E-state index contributed by atoms with van der Waals surface area (Å²) in [4.78, 5) is 29.6. The maximum Gasteiger partial charge on any atom is 0.573 e. The molecule has 1 aromatic heterocycles. The lowest BCUT2D eigenvalue weighted by molar-refractivity contribution is -0.275. The Balaban J connectivity index is 1.62. The van der Waals surface area contributed by atoms with Crippen molar-refractivity contribution in [2.75, 3.05) is 7.11 Å². The van der Waals surface area contributed by atoms with E-state index in [1.807, 2.05) is 6.92 Å². The molecule has 2 heterocycles. The van der Waals surface area contributed by atoms with Gasteiger partial charge in [0.25, 0.3) is 0 Å². The Labute approximate surface area is 216 Å². The van der Waals surface area contributed by atoms with Crippen LogP contribution < -0.4 is 15.2 Å². The first-order valence-electron chi connectivity index (χ1n) is 11.8. The van der Waals surface area contributed by atoms with E-state index in [4.69, 9.17) is 10.5 Å². The van der Waals surface area contributed by atoms with Crippen molar-refractivity contribution in [2.45, 2.75) is 32.3 Å². The molecule has 1 aliphatic heterocycles. The number of carbonyl (C=O) groups excluding carboxylic acids is 2. The van der Waals surface area contributed by atoms with E-state index in [-0.39, 0.29) is 29.8 Å². The number of halogens is 3. The lowest BCUT2D eigenvalue weighted by Crippen LogP contribution is -2.42. The number of carbonyl (C=O) groups is 2. The molecule has 8 nitrogen and oxygen atoms in total. The summed E-state index contributed by atoms with van der Waals surface area (Å²) in [5, 5.41) is 5.69. The van der Waals surface area contributed by atoms with Crippen molar-refractivity contribution in [1.82, 2.24) is 9.99 Å². The number of aromatic nitrogens is 1. The number of rotatable bonds is 8. The van der Waals surface area contributed by atoms with Crippen molar-refractivity contribution in [3.63, 3.8) is 0 Å². The highest BCUT2D eigenvalue weighted by Crippen LogP contribution is 2.35. The molecule has 3 aromatic rings. The molecule has 4 rings (SSSR count). The summed E-state index contributed by atoms with van der Waals surface area (Å²) < 4.78 is 47.4. The van der Waals surface area contributed by atoms with Crippen LogP contribution in [0.25, 0.3) is 0 Å². The van der Waals surface area contributed by atoms with E-state index in [1.165, 1.54) is 25.4 Å². The number of benzene rings is 2. The highest BCUT2D eigenvalue weighted by atomic mass is 19.4. The molecule has 2 atom stereocenters. The highest BCUT2D eigenvalue weighted by molar-refractivity contribution is 6.09. The van der Waals surface area contributed by atoms with Gasteiger partial charge in [0.15, 0.2) is 17.3 Å². The fourth-order valence-corrected chi connectivity index (χ4v) is 4.18. The van der Waals surface area contributed by atoms with Gasteiger partial charge in [0.1, 0.15) is 6.17 Å². The topological polar surface area (TPSA) is 107 Å². The molecule has 0 radical (unpaired) electrons. The molecule has 0 aliphatic carbocycles. The van der Waals surface area contributed by atoms with Crippen LogP contribution in [0.1, 0.15) is 53.0 Å². The van der Waals surface area contributed by atoms with E-state index in [1.54, 1.807) is 42.6 Å². The predicted octanol–water partition coefficient (Wildman–Crippen LogP) is 4.84. The number of ketones is 1. The van der Waals surface area contributed by atoms with Crippen molar-refractivity contribution in [3.8, 4) is 11.5 Å². The molecule has 0 bridgehead atoms. The molecule has 1 amide bonds. The number of hydrogen-bond acceptors (Lipinski definition) is 7. The maximum absolute atomic E-state index is 13.0. The third-order valence-corrected chi connectivity index (χ3v) is 6.16. The number of methoxy groups -OCH3 is 1. The van der Waals surface area contributed by atoms with Gasteiger partial charge in [-0.1, -0.05) is 31.2 Å².